The van der Waals surface area contributed by atoms with Gasteiger partial charge in [-0.15, -0.1) is 11.8 Å². The highest BCUT2D eigenvalue weighted by Crippen LogP contribution is 2.29. The Balaban J connectivity index is 1.96. The van der Waals surface area contributed by atoms with Gasteiger partial charge in [0.05, 0.1) is 11.3 Å². The summed E-state index contributed by atoms with van der Waals surface area (Å²) in [6.45, 7) is 5.11. The number of aromatic nitrogens is 2. The van der Waals surface area contributed by atoms with Gasteiger partial charge in [-0.25, -0.2) is 0 Å². The number of thioether (sulfide) groups is 1. The molecule has 0 bridgehead atoms. The van der Waals surface area contributed by atoms with Gasteiger partial charge in [-0.1, -0.05) is 13.3 Å². The van der Waals surface area contributed by atoms with Crippen molar-refractivity contribution in [3.05, 3.63) is 18.0 Å². The van der Waals surface area contributed by atoms with E-state index in [9.17, 15) is 18.0 Å². The van der Waals surface area contributed by atoms with E-state index >= 15 is 0 Å². The lowest BCUT2D eigenvalue weighted by atomic mass is 10.1. The van der Waals surface area contributed by atoms with E-state index in [2.05, 4.69) is 12.0 Å². The van der Waals surface area contributed by atoms with Crippen LogP contribution in [0.1, 0.15) is 51.3 Å². The molecule has 4 nitrogen and oxygen atoms in total. The topological polar surface area (TPSA) is 38.1 Å². The fourth-order valence-electron chi connectivity index (χ4n) is 2.80. The molecule has 1 aromatic rings. The molecule has 1 aliphatic rings. The van der Waals surface area contributed by atoms with E-state index in [1.54, 1.807) is 16.7 Å². The molecule has 2 heterocycles. The first kappa shape index (κ1) is 19.1. The van der Waals surface area contributed by atoms with Gasteiger partial charge in [-0.2, -0.15) is 18.3 Å². The van der Waals surface area contributed by atoms with Crippen molar-refractivity contribution in [1.29, 1.82) is 0 Å². The molecule has 1 saturated heterocycles. The average molecular weight is 363 g/mol. The molecule has 1 aromatic heterocycles. The lowest BCUT2D eigenvalue weighted by molar-refractivity contribution is -0.142. The summed E-state index contributed by atoms with van der Waals surface area (Å²) in [5.41, 5.74) is -0.880. The Morgan fingerprint density at radius 1 is 1.50 bits per heavy atom. The van der Waals surface area contributed by atoms with Gasteiger partial charge in [-0.05, 0) is 38.0 Å². The second kappa shape index (κ2) is 8.27. The Bertz CT molecular complexity index is 547. The van der Waals surface area contributed by atoms with Crippen LogP contribution < -0.4 is 0 Å². The van der Waals surface area contributed by atoms with Crippen LogP contribution in [-0.2, 0) is 11.0 Å². The van der Waals surface area contributed by atoms with Crippen molar-refractivity contribution in [1.82, 2.24) is 14.7 Å². The van der Waals surface area contributed by atoms with E-state index < -0.39 is 11.9 Å². The van der Waals surface area contributed by atoms with E-state index in [0.29, 0.717) is 13.1 Å². The molecule has 136 valence electrons. The third-order valence-electron chi connectivity index (χ3n) is 4.19. The van der Waals surface area contributed by atoms with Crippen LogP contribution in [0, 0.1) is 0 Å². The van der Waals surface area contributed by atoms with Gasteiger partial charge < -0.3 is 4.90 Å². The number of piperidine rings is 1. The Labute approximate surface area is 144 Å². The van der Waals surface area contributed by atoms with Gasteiger partial charge >= 0.3 is 6.18 Å². The number of hydrogen-bond donors (Lipinski definition) is 0. The Hall–Kier alpha value is -1.18. The Morgan fingerprint density at radius 2 is 2.25 bits per heavy atom. The quantitative estimate of drug-likeness (QED) is 0.718. The zero-order valence-electron chi connectivity index (χ0n) is 14.1. The summed E-state index contributed by atoms with van der Waals surface area (Å²) in [7, 11) is 0. The minimum Gasteiger partial charge on any atom is -0.340 e. The smallest absolute Gasteiger partial charge is 0.340 e. The molecule has 8 heteroatoms. The molecule has 1 aliphatic heterocycles. The lowest BCUT2D eigenvalue weighted by Gasteiger charge is -2.34. The standard InChI is InChI=1S/C16H24F3N3OS/c1-3-4-10-24-12(2)15(23)21-8-5-6-13(11-21)22-9-7-14(20-22)16(17,18)19/h7,9,12-13H,3-6,8,10-11H2,1-2H3/t12-,13+/m1/s1. The average Bonchev–Trinajstić information content (AvgIpc) is 3.04. The van der Waals surface area contributed by atoms with Crippen LogP contribution in [0.25, 0.3) is 0 Å². The van der Waals surface area contributed by atoms with Crippen molar-refractivity contribution in [2.75, 3.05) is 18.8 Å². The van der Waals surface area contributed by atoms with Gasteiger partial charge in [0.25, 0.3) is 0 Å². The molecule has 1 amide bonds. The van der Waals surface area contributed by atoms with Gasteiger partial charge in [0.15, 0.2) is 5.69 Å². The number of nitrogens with zero attached hydrogens (tertiary/aromatic N) is 3. The SMILES string of the molecule is CCCCS[C@H](C)C(=O)N1CCC[C@H](n2ccc(C(F)(F)F)n2)C1. The number of alkyl halides is 3. The molecule has 0 aromatic carbocycles. The number of carbonyl (C=O) groups is 1. The van der Waals surface area contributed by atoms with Crippen LogP contribution in [0.15, 0.2) is 12.3 Å². The highest BCUT2D eigenvalue weighted by Gasteiger charge is 2.35. The van der Waals surface area contributed by atoms with Crippen LogP contribution in [0.5, 0.6) is 0 Å². The molecular formula is C16H24F3N3OS. The molecule has 0 spiro atoms. The van der Waals surface area contributed by atoms with Crippen molar-refractivity contribution < 1.29 is 18.0 Å². The molecule has 2 rings (SSSR count). The van der Waals surface area contributed by atoms with Gasteiger partial charge in [0, 0.05) is 19.3 Å². The zero-order chi connectivity index (χ0) is 17.7. The summed E-state index contributed by atoms with van der Waals surface area (Å²) in [6, 6.07) is 0.802. The lowest BCUT2D eigenvalue weighted by Crippen LogP contribution is -2.44. The number of rotatable bonds is 6. The van der Waals surface area contributed by atoms with Crippen LogP contribution in [0.3, 0.4) is 0 Å². The first-order valence-electron chi connectivity index (χ1n) is 8.35. The largest absolute Gasteiger partial charge is 0.435 e. The molecule has 0 N–H and O–H groups in total. The van der Waals surface area contributed by atoms with Crippen molar-refractivity contribution in [3.63, 3.8) is 0 Å². The second-order valence-corrected chi connectivity index (χ2v) is 7.57. The Morgan fingerprint density at radius 3 is 2.88 bits per heavy atom. The number of likely N-dealkylation sites (tertiary alicyclic amines) is 1. The van der Waals surface area contributed by atoms with Crippen LogP contribution in [-0.4, -0.2) is 44.7 Å². The normalized spacial score (nSPS) is 20.2. The zero-order valence-corrected chi connectivity index (χ0v) is 14.9. The minimum atomic E-state index is -4.43. The van der Waals surface area contributed by atoms with E-state index in [-0.39, 0.29) is 17.2 Å². The molecule has 1 fully saturated rings. The van der Waals surface area contributed by atoms with Crippen molar-refractivity contribution in [2.24, 2.45) is 0 Å². The molecule has 0 radical (unpaired) electrons. The summed E-state index contributed by atoms with van der Waals surface area (Å²) in [4.78, 5) is 14.3. The van der Waals surface area contributed by atoms with E-state index in [1.807, 2.05) is 6.92 Å². The second-order valence-electron chi connectivity index (χ2n) is 6.13. The maximum Gasteiger partial charge on any atom is 0.435 e. The third-order valence-corrected chi connectivity index (χ3v) is 5.42. The number of amides is 1. The maximum absolute atomic E-state index is 12.7. The van der Waals surface area contributed by atoms with Gasteiger partial charge in [0.1, 0.15) is 0 Å². The first-order chi connectivity index (χ1) is 11.3. The predicted octanol–water partition coefficient (Wildman–Crippen LogP) is 3.99. The number of carbonyl (C=O) groups excluding carboxylic acids is 1. The molecule has 2 atom stereocenters. The van der Waals surface area contributed by atoms with Crippen molar-refractivity contribution >= 4 is 17.7 Å². The minimum absolute atomic E-state index is 0.0732. The number of unbranched alkanes of at least 4 members (excludes halogenated alkanes) is 1. The van der Waals surface area contributed by atoms with Crippen LogP contribution in [0.2, 0.25) is 0 Å². The van der Waals surface area contributed by atoms with Crippen molar-refractivity contribution in [3.8, 4) is 0 Å². The summed E-state index contributed by atoms with van der Waals surface area (Å²) in [5, 5.41) is 3.54. The van der Waals surface area contributed by atoms with Crippen LogP contribution >= 0.6 is 11.8 Å². The summed E-state index contributed by atoms with van der Waals surface area (Å²) < 4.78 is 39.4. The van der Waals surface area contributed by atoms with Crippen molar-refractivity contribution in [2.45, 2.75) is 57.0 Å². The number of hydrogen-bond acceptors (Lipinski definition) is 3. The summed E-state index contributed by atoms with van der Waals surface area (Å²) >= 11 is 1.64. The molecule has 0 saturated carbocycles. The Kier molecular flexibility index (Phi) is 6.60. The number of halogens is 3. The maximum atomic E-state index is 12.7. The molecule has 0 aliphatic carbocycles. The molecular weight excluding hydrogens is 339 g/mol. The summed E-state index contributed by atoms with van der Waals surface area (Å²) in [5.74, 6) is 1.03. The highest BCUT2D eigenvalue weighted by atomic mass is 32.2. The van der Waals surface area contributed by atoms with Crippen LogP contribution in [0.4, 0.5) is 13.2 Å². The third kappa shape index (κ3) is 4.91. The first-order valence-corrected chi connectivity index (χ1v) is 9.40. The van der Waals surface area contributed by atoms with E-state index in [1.165, 1.54) is 10.9 Å². The molecule has 0 unspecified atom stereocenters. The highest BCUT2D eigenvalue weighted by molar-refractivity contribution is 8.00. The van der Waals surface area contributed by atoms with Gasteiger partial charge in [0.2, 0.25) is 5.91 Å². The van der Waals surface area contributed by atoms with Gasteiger partial charge in [-0.3, -0.25) is 9.48 Å². The fraction of sp³-hybridized carbons (Fsp3) is 0.750. The fourth-order valence-corrected chi connectivity index (χ4v) is 3.90. The molecule has 24 heavy (non-hydrogen) atoms. The van der Waals surface area contributed by atoms with E-state index in [0.717, 1.165) is 37.5 Å². The summed E-state index contributed by atoms with van der Waals surface area (Å²) in [6.07, 6.45) is 0.629. The van der Waals surface area contributed by atoms with E-state index in [4.69, 9.17) is 0 Å². The monoisotopic (exact) mass is 363 g/mol. The predicted molar refractivity (Wildman–Crippen MR) is 88.9 cm³/mol.